The van der Waals surface area contributed by atoms with Crippen molar-refractivity contribution in [2.24, 2.45) is 0 Å². The lowest BCUT2D eigenvalue weighted by atomic mass is 9.95. The number of ether oxygens (including phenoxy) is 1. The molecule has 6 heteroatoms. The molecule has 23 heavy (non-hydrogen) atoms. The largest absolute Gasteiger partial charge is 0.384 e. The summed E-state index contributed by atoms with van der Waals surface area (Å²) in [6, 6.07) is 0. The maximum absolute atomic E-state index is 12.7. The van der Waals surface area contributed by atoms with Gasteiger partial charge in [0.1, 0.15) is 5.69 Å². The number of fused-ring (bicyclic) bond motifs is 1. The van der Waals surface area contributed by atoms with E-state index in [1.54, 1.807) is 7.11 Å². The molecule has 0 radical (unpaired) electrons. The van der Waals surface area contributed by atoms with Crippen LogP contribution in [-0.4, -0.2) is 46.1 Å². The lowest BCUT2D eigenvalue weighted by Gasteiger charge is -2.32. The number of allylic oxidation sites excluding steroid dienone is 1. The molecule has 3 rings (SSSR count). The fraction of sp³-hybridized carbons (Fsp3) is 0.706. The number of rotatable bonds is 5. The summed E-state index contributed by atoms with van der Waals surface area (Å²) in [6.07, 6.45) is 7.44. The van der Waals surface area contributed by atoms with Crippen molar-refractivity contribution >= 4 is 5.91 Å². The van der Waals surface area contributed by atoms with Crippen molar-refractivity contribution in [3.63, 3.8) is 0 Å². The standard InChI is InChI=1S/C17H26N4O2/c1-3-21-17-14(12-23-2)10-20(11-15(17)18-19-21)16(22)9-13-7-5-4-6-8-13/h7,14H,3-6,8-12H2,1-2H3. The average Bonchev–Trinajstić information content (AvgIpc) is 2.99. The lowest BCUT2D eigenvalue weighted by Crippen LogP contribution is -2.40. The van der Waals surface area contributed by atoms with Crippen molar-refractivity contribution < 1.29 is 9.53 Å². The van der Waals surface area contributed by atoms with E-state index in [1.165, 1.54) is 18.4 Å². The van der Waals surface area contributed by atoms with Gasteiger partial charge in [0.2, 0.25) is 5.91 Å². The Hall–Kier alpha value is -1.69. The third kappa shape index (κ3) is 3.47. The van der Waals surface area contributed by atoms with Crippen LogP contribution in [0, 0.1) is 0 Å². The Bertz CT molecular complexity index is 593. The summed E-state index contributed by atoms with van der Waals surface area (Å²) in [6.45, 7) is 4.71. The minimum atomic E-state index is 0.156. The molecule has 1 unspecified atom stereocenters. The van der Waals surface area contributed by atoms with Crippen LogP contribution >= 0.6 is 0 Å². The van der Waals surface area contributed by atoms with Gasteiger partial charge in [-0.05, 0) is 32.6 Å². The van der Waals surface area contributed by atoms with Gasteiger partial charge in [-0.15, -0.1) is 5.10 Å². The van der Waals surface area contributed by atoms with E-state index in [2.05, 4.69) is 23.3 Å². The van der Waals surface area contributed by atoms with Crippen LogP contribution < -0.4 is 0 Å². The molecule has 1 aromatic heterocycles. The van der Waals surface area contributed by atoms with Crippen molar-refractivity contribution in [1.82, 2.24) is 19.9 Å². The van der Waals surface area contributed by atoms with E-state index in [9.17, 15) is 4.79 Å². The highest BCUT2D eigenvalue weighted by Crippen LogP contribution is 2.29. The van der Waals surface area contributed by atoms with Crippen LogP contribution in [0.3, 0.4) is 0 Å². The summed E-state index contributed by atoms with van der Waals surface area (Å²) >= 11 is 0. The summed E-state index contributed by atoms with van der Waals surface area (Å²) in [4.78, 5) is 14.6. The molecule has 0 fully saturated rings. The van der Waals surface area contributed by atoms with E-state index in [0.29, 0.717) is 26.1 Å². The minimum absolute atomic E-state index is 0.156. The first-order valence-electron chi connectivity index (χ1n) is 8.59. The second-order valence-corrected chi connectivity index (χ2v) is 6.45. The first-order chi connectivity index (χ1) is 11.2. The zero-order valence-electron chi connectivity index (χ0n) is 14.1. The highest BCUT2D eigenvalue weighted by Gasteiger charge is 2.32. The number of aryl methyl sites for hydroxylation is 1. The maximum atomic E-state index is 12.7. The summed E-state index contributed by atoms with van der Waals surface area (Å²) in [7, 11) is 1.70. The topological polar surface area (TPSA) is 60.2 Å². The molecule has 1 aromatic rings. The average molecular weight is 318 g/mol. The summed E-state index contributed by atoms with van der Waals surface area (Å²) in [5, 5.41) is 8.51. The van der Waals surface area contributed by atoms with Gasteiger partial charge < -0.3 is 9.64 Å². The van der Waals surface area contributed by atoms with E-state index >= 15 is 0 Å². The fourth-order valence-electron chi connectivity index (χ4n) is 3.64. The Labute approximate surface area is 137 Å². The van der Waals surface area contributed by atoms with Gasteiger partial charge in [0.05, 0.1) is 18.8 Å². The van der Waals surface area contributed by atoms with Gasteiger partial charge in [-0.25, -0.2) is 4.68 Å². The van der Waals surface area contributed by atoms with Gasteiger partial charge in [0.25, 0.3) is 0 Å². The number of hydrogen-bond donors (Lipinski definition) is 0. The molecule has 2 aliphatic rings. The van der Waals surface area contributed by atoms with Crippen LogP contribution in [0.15, 0.2) is 11.6 Å². The number of carbonyl (C=O) groups excluding carboxylic acids is 1. The Balaban J connectivity index is 1.74. The quantitative estimate of drug-likeness (QED) is 0.781. The van der Waals surface area contributed by atoms with E-state index < -0.39 is 0 Å². The van der Waals surface area contributed by atoms with E-state index in [1.807, 2.05) is 9.58 Å². The summed E-state index contributed by atoms with van der Waals surface area (Å²) in [5.74, 6) is 0.360. The van der Waals surface area contributed by atoms with Crippen molar-refractivity contribution in [2.45, 2.75) is 58.0 Å². The molecule has 0 saturated heterocycles. The SMILES string of the molecule is CCn1nnc2c1C(COC)CN(C(=O)CC1=CCCCC1)C2. The number of hydrogen-bond acceptors (Lipinski definition) is 4. The van der Waals surface area contributed by atoms with Gasteiger partial charge >= 0.3 is 0 Å². The first-order valence-corrected chi connectivity index (χ1v) is 8.59. The van der Waals surface area contributed by atoms with Crippen LogP contribution in [0.5, 0.6) is 0 Å². The molecule has 1 aliphatic heterocycles. The summed E-state index contributed by atoms with van der Waals surface area (Å²) in [5.41, 5.74) is 3.36. The monoisotopic (exact) mass is 318 g/mol. The Morgan fingerprint density at radius 1 is 1.43 bits per heavy atom. The van der Waals surface area contributed by atoms with Crippen molar-refractivity contribution in [1.29, 1.82) is 0 Å². The number of carbonyl (C=O) groups is 1. The molecular weight excluding hydrogens is 292 g/mol. The molecule has 0 N–H and O–H groups in total. The fourth-order valence-corrected chi connectivity index (χ4v) is 3.64. The lowest BCUT2D eigenvalue weighted by molar-refractivity contribution is -0.132. The molecule has 1 amide bonds. The molecule has 1 atom stereocenters. The number of amides is 1. The predicted octanol–water partition coefficient (Wildman–Crippen LogP) is 2.26. The van der Waals surface area contributed by atoms with E-state index in [-0.39, 0.29) is 11.8 Å². The minimum Gasteiger partial charge on any atom is -0.384 e. The first kappa shape index (κ1) is 16.2. The van der Waals surface area contributed by atoms with Crippen LogP contribution in [0.1, 0.15) is 56.3 Å². The molecule has 0 aromatic carbocycles. The molecule has 0 saturated carbocycles. The van der Waals surface area contributed by atoms with Gasteiger partial charge in [0, 0.05) is 32.5 Å². The van der Waals surface area contributed by atoms with Crippen LogP contribution in [0.4, 0.5) is 0 Å². The molecule has 126 valence electrons. The van der Waals surface area contributed by atoms with Gasteiger partial charge in [0.15, 0.2) is 0 Å². The molecule has 6 nitrogen and oxygen atoms in total. The van der Waals surface area contributed by atoms with Gasteiger partial charge in [-0.2, -0.15) is 0 Å². The number of aromatic nitrogens is 3. The molecule has 1 aliphatic carbocycles. The third-order valence-corrected chi connectivity index (χ3v) is 4.80. The second kappa shape index (κ2) is 7.25. The van der Waals surface area contributed by atoms with E-state index in [4.69, 9.17) is 4.74 Å². The molecule has 0 bridgehead atoms. The zero-order valence-corrected chi connectivity index (χ0v) is 14.1. The molecule has 0 spiro atoms. The van der Waals surface area contributed by atoms with Crippen LogP contribution in [-0.2, 0) is 22.6 Å². The predicted molar refractivity (Wildman–Crippen MR) is 86.9 cm³/mol. The Morgan fingerprint density at radius 3 is 3.00 bits per heavy atom. The number of nitrogens with zero attached hydrogens (tertiary/aromatic N) is 4. The van der Waals surface area contributed by atoms with Crippen molar-refractivity contribution in [3.05, 3.63) is 23.0 Å². The van der Waals surface area contributed by atoms with Gasteiger partial charge in [-0.3, -0.25) is 4.79 Å². The van der Waals surface area contributed by atoms with E-state index in [0.717, 1.165) is 30.8 Å². The van der Waals surface area contributed by atoms with Crippen LogP contribution in [0.25, 0.3) is 0 Å². The normalized spacial score (nSPS) is 21.0. The highest BCUT2D eigenvalue weighted by molar-refractivity contribution is 5.79. The molecular formula is C17H26N4O2. The maximum Gasteiger partial charge on any atom is 0.227 e. The smallest absolute Gasteiger partial charge is 0.227 e. The second-order valence-electron chi connectivity index (χ2n) is 6.45. The van der Waals surface area contributed by atoms with Crippen molar-refractivity contribution in [2.75, 3.05) is 20.3 Å². The Morgan fingerprint density at radius 2 is 2.30 bits per heavy atom. The third-order valence-electron chi connectivity index (χ3n) is 4.80. The zero-order chi connectivity index (χ0) is 16.2. The summed E-state index contributed by atoms with van der Waals surface area (Å²) < 4.78 is 7.30. The molecule has 2 heterocycles. The van der Waals surface area contributed by atoms with Crippen LogP contribution in [0.2, 0.25) is 0 Å². The van der Waals surface area contributed by atoms with Crippen molar-refractivity contribution in [3.8, 4) is 0 Å². The number of methoxy groups -OCH3 is 1. The van der Waals surface area contributed by atoms with Gasteiger partial charge in [-0.1, -0.05) is 16.9 Å². The Kier molecular flexibility index (Phi) is 5.10. The highest BCUT2D eigenvalue weighted by atomic mass is 16.5.